The Labute approximate surface area is 215 Å². The van der Waals surface area contributed by atoms with E-state index in [1.165, 1.54) is 11.8 Å². The Kier molecular flexibility index (Phi) is 9.36. The fourth-order valence-corrected chi connectivity index (χ4v) is 4.82. The van der Waals surface area contributed by atoms with Crippen LogP contribution in [0.3, 0.4) is 0 Å². The summed E-state index contributed by atoms with van der Waals surface area (Å²) in [4.78, 5) is 28.9. The minimum atomic E-state index is -4.81. The number of nitro groups is 1. The molecule has 0 saturated carbocycles. The van der Waals surface area contributed by atoms with Gasteiger partial charge in [0.05, 0.1) is 4.92 Å². The molecule has 0 unspecified atom stereocenters. The lowest BCUT2D eigenvalue weighted by Gasteiger charge is -2.36. The number of piperidine rings is 1. The molecule has 11 heteroatoms. The third-order valence-corrected chi connectivity index (χ3v) is 6.86. The summed E-state index contributed by atoms with van der Waals surface area (Å²) in [6.07, 6.45) is -3.21. The topological polar surface area (TPSA) is 82.0 Å². The Morgan fingerprint density at radius 3 is 2.16 bits per heavy atom. The standard InChI is InChI=1S/C25H30F3N5O3.CH4/c26-25(27,28)22-18-21(6-7-23(22)33(35)36)31-12-8-19(9-13-31)29-24(34)10-11-30-14-16-32(17-15-30)20-4-2-1-3-5-20;/h1-7,18-19H,8-17H2,(H,29,34);1H4. The lowest BCUT2D eigenvalue weighted by atomic mass is 10.0. The summed E-state index contributed by atoms with van der Waals surface area (Å²) in [7, 11) is 0. The summed E-state index contributed by atoms with van der Waals surface area (Å²) in [5, 5.41) is 14.0. The van der Waals surface area contributed by atoms with E-state index in [4.69, 9.17) is 0 Å². The third-order valence-electron chi connectivity index (χ3n) is 6.86. The van der Waals surface area contributed by atoms with E-state index < -0.39 is 22.4 Å². The smallest absolute Gasteiger partial charge is 0.371 e. The summed E-state index contributed by atoms with van der Waals surface area (Å²) >= 11 is 0. The molecule has 2 fully saturated rings. The summed E-state index contributed by atoms with van der Waals surface area (Å²) in [5.74, 6) is -0.0198. The molecule has 4 rings (SSSR count). The van der Waals surface area contributed by atoms with Gasteiger partial charge in [0.2, 0.25) is 5.91 Å². The molecule has 2 aromatic rings. The van der Waals surface area contributed by atoms with E-state index >= 15 is 0 Å². The highest BCUT2D eigenvalue weighted by Gasteiger charge is 2.39. The predicted octanol–water partition coefficient (Wildman–Crippen LogP) is 4.55. The van der Waals surface area contributed by atoms with Crippen molar-refractivity contribution < 1.29 is 22.9 Å². The number of carbonyl (C=O) groups is 1. The van der Waals surface area contributed by atoms with Crippen molar-refractivity contribution in [3.8, 4) is 0 Å². The highest BCUT2D eigenvalue weighted by Crippen LogP contribution is 2.38. The molecule has 1 N–H and O–H groups in total. The van der Waals surface area contributed by atoms with Crippen LogP contribution in [0.15, 0.2) is 48.5 Å². The van der Waals surface area contributed by atoms with Gasteiger partial charge in [-0.2, -0.15) is 13.2 Å². The molecule has 0 bridgehead atoms. The van der Waals surface area contributed by atoms with E-state index in [9.17, 15) is 28.1 Å². The largest absolute Gasteiger partial charge is 0.423 e. The van der Waals surface area contributed by atoms with E-state index in [-0.39, 0.29) is 19.4 Å². The van der Waals surface area contributed by atoms with Crippen LogP contribution in [0.2, 0.25) is 0 Å². The number of anilines is 2. The molecule has 2 aromatic carbocycles. The van der Waals surface area contributed by atoms with Gasteiger partial charge in [0, 0.05) is 75.7 Å². The number of alkyl halides is 3. The fraction of sp³-hybridized carbons (Fsp3) is 0.500. The number of nitro benzene ring substituents is 1. The van der Waals surface area contributed by atoms with Crippen molar-refractivity contribution in [2.45, 2.75) is 38.9 Å². The number of nitrogens with one attached hydrogen (secondary N) is 1. The van der Waals surface area contributed by atoms with Crippen molar-refractivity contribution in [1.82, 2.24) is 10.2 Å². The molecule has 8 nitrogen and oxygen atoms in total. The second-order valence-electron chi connectivity index (χ2n) is 9.20. The van der Waals surface area contributed by atoms with Gasteiger partial charge in [-0.1, -0.05) is 25.6 Å². The number of nitrogens with zero attached hydrogens (tertiary/aromatic N) is 4. The number of para-hydroxylation sites is 1. The van der Waals surface area contributed by atoms with Gasteiger partial charge < -0.3 is 15.1 Å². The Morgan fingerprint density at radius 2 is 1.57 bits per heavy atom. The van der Waals surface area contributed by atoms with Gasteiger partial charge in [-0.15, -0.1) is 0 Å². The molecule has 37 heavy (non-hydrogen) atoms. The van der Waals surface area contributed by atoms with Gasteiger partial charge >= 0.3 is 6.18 Å². The lowest BCUT2D eigenvalue weighted by Crippen LogP contribution is -2.48. The van der Waals surface area contributed by atoms with Gasteiger partial charge in [-0.3, -0.25) is 19.8 Å². The molecule has 0 spiro atoms. The number of hydrogen-bond donors (Lipinski definition) is 1. The molecule has 0 aliphatic carbocycles. The van der Waals surface area contributed by atoms with Crippen LogP contribution in [-0.2, 0) is 11.0 Å². The minimum absolute atomic E-state index is 0. The highest BCUT2D eigenvalue weighted by atomic mass is 19.4. The van der Waals surface area contributed by atoms with Crippen molar-refractivity contribution in [2.75, 3.05) is 55.6 Å². The third kappa shape index (κ3) is 7.34. The number of carbonyl (C=O) groups excluding carboxylic acids is 1. The highest BCUT2D eigenvalue weighted by molar-refractivity contribution is 5.76. The van der Waals surface area contributed by atoms with Crippen LogP contribution >= 0.6 is 0 Å². The van der Waals surface area contributed by atoms with Crippen molar-refractivity contribution in [3.05, 3.63) is 64.2 Å². The monoisotopic (exact) mass is 521 g/mol. The first-order valence-electron chi connectivity index (χ1n) is 12.1. The number of benzene rings is 2. The number of hydrogen-bond acceptors (Lipinski definition) is 6. The maximum atomic E-state index is 13.3. The summed E-state index contributed by atoms with van der Waals surface area (Å²) < 4.78 is 39.9. The van der Waals surface area contributed by atoms with E-state index in [1.54, 1.807) is 4.90 Å². The van der Waals surface area contributed by atoms with E-state index in [2.05, 4.69) is 27.2 Å². The number of piperazine rings is 1. The first kappa shape index (κ1) is 28.2. The number of halogens is 3. The summed E-state index contributed by atoms with van der Waals surface area (Å²) in [6, 6.07) is 13.3. The average molecular weight is 522 g/mol. The Balaban J connectivity index is 0.00000380. The Hall–Kier alpha value is -3.34. The first-order chi connectivity index (χ1) is 17.2. The van der Waals surface area contributed by atoms with Crippen LogP contribution in [0, 0.1) is 10.1 Å². The quantitative estimate of drug-likeness (QED) is 0.426. The van der Waals surface area contributed by atoms with Crippen molar-refractivity contribution in [2.24, 2.45) is 0 Å². The zero-order chi connectivity index (χ0) is 25.7. The minimum Gasteiger partial charge on any atom is -0.371 e. The molecule has 0 atom stereocenters. The Bertz CT molecular complexity index is 1050. The second-order valence-corrected chi connectivity index (χ2v) is 9.20. The van der Waals surface area contributed by atoms with Crippen LogP contribution in [-0.4, -0.2) is 67.6 Å². The van der Waals surface area contributed by atoms with Gasteiger partial charge in [-0.05, 0) is 37.1 Å². The van der Waals surface area contributed by atoms with Crippen molar-refractivity contribution in [1.29, 1.82) is 0 Å². The fourth-order valence-electron chi connectivity index (χ4n) is 4.82. The van der Waals surface area contributed by atoms with Gasteiger partial charge in [0.15, 0.2) is 0 Å². The molecule has 2 heterocycles. The van der Waals surface area contributed by atoms with Crippen LogP contribution in [0.25, 0.3) is 0 Å². The molecule has 2 aliphatic rings. The van der Waals surface area contributed by atoms with Gasteiger partial charge in [0.25, 0.3) is 5.69 Å². The molecule has 0 aromatic heterocycles. The van der Waals surface area contributed by atoms with Crippen molar-refractivity contribution in [3.63, 3.8) is 0 Å². The zero-order valence-electron chi connectivity index (χ0n) is 19.9. The van der Waals surface area contributed by atoms with E-state index in [0.29, 0.717) is 44.6 Å². The molecule has 2 saturated heterocycles. The SMILES string of the molecule is C.O=C(CCN1CCN(c2ccccc2)CC1)NC1CCN(c2ccc([N+](=O)[O-])c(C(F)(F)F)c2)CC1. The van der Waals surface area contributed by atoms with Crippen LogP contribution in [0.1, 0.15) is 32.3 Å². The lowest BCUT2D eigenvalue weighted by molar-refractivity contribution is -0.388. The molecular weight excluding hydrogens is 487 g/mol. The second kappa shape index (κ2) is 12.3. The Morgan fingerprint density at radius 1 is 0.946 bits per heavy atom. The van der Waals surface area contributed by atoms with Crippen LogP contribution in [0.5, 0.6) is 0 Å². The number of amides is 1. The van der Waals surface area contributed by atoms with Gasteiger partial charge in [-0.25, -0.2) is 0 Å². The number of rotatable bonds is 7. The maximum absolute atomic E-state index is 13.3. The summed E-state index contributed by atoms with van der Waals surface area (Å²) in [5.41, 5.74) is -0.683. The molecule has 2 aliphatic heterocycles. The molecular formula is C26H34F3N5O3. The molecule has 1 amide bonds. The normalized spacial score (nSPS) is 17.3. The van der Waals surface area contributed by atoms with Crippen molar-refractivity contribution >= 4 is 23.0 Å². The maximum Gasteiger partial charge on any atom is 0.423 e. The zero-order valence-corrected chi connectivity index (χ0v) is 19.9. The molecule has 202 valence electrons. The summed E-state index contributed by atoms with van der Waals surface area (Å²) in [6.45, 7) is 5.25. The van der Waals surface area contributed by atoms with Crippen LogP contribution < -0.4 is 15.1 Å². The van der Waals surface area contributed by atoms with Crippen LogP contribution in [0.4, 0.5) is 30.2 Å². The average Bonchev–Trinajstić information content (AvgIpc) is 2.88. The first-order valence-corrected chi connectivity index (χ1v) is 12.1. The van der Waals surface area contributed by atoms with Gasteiger partial charge in [0.1, 0.15) is 5.56 Å². The predicted molar refractivity (Wildman–Crippen MR) is 138 cm³/mol. The van der Waals surface area contributed by atoms with E-state index in [1.807, 2.05) is 18.2 Å². The molecule has 0 radical (unpaired) electrons. The van der Waals surface area contributed by atoms with E-state index in [0.717, 1.165) is 38.3 Å².